The van der Waals surface area contributed by atoms with Gasteiger partial charge in [0.25, 0.3) is 0 Å². The summed E-state index contributed by atoms with van der Waals surface area (Å²) < 4.78 is 6.60. The van der Waals surface area contributed by atoms with Gasteiger partial charge in [0, 0.05) is 4.47 Å². The second-order valence-corrected chi connectivity index (χ2v) is 4.96. The van der Waals surface area contributed by atoms with Gasteiger partial charge in [0.2, 0.25) is 0 Å². The Morgan fingerprint density at radius 1 is 1.26 bits per heavy atom. The molecule has 0 fully saturated rings. The second-order valence-electron chi connectivity index (χ2n) is 4.04. The lowest BCUT2D eigenvalue weighted by molar-refractivity contribution is 0.318. The molecule has 0 aliphatic rings. The van der Waals surface area contributed by atoms with Crippen molar-refractivity contribution in [1.82, 2.24) is 0 Å². The molecule has 4 nitrogen and oxygen atoms in total. The first-order chi connectivity index (χ1) is 9.10. The number of oxime groups is 1. The first kappa shape index (κ1) is 13.4. The number of rotatable bonds is 3. The Bertz CT molecular complexity index is 627. The number of hydrogen-bond acceptors (Lipinski definition) is 3. The first-order valence-corrected chi connectivity index (χ1v) is 6.41. The highest BCUT2D eigenvalue weighted by Gasteiger charge is 2.10. The summed E-state index contributed by atoms with van der Waals surface area (Å²) in [7, 11) is 0. The van der Waals surface area contributed by atoms with Crippen LogP contribution in [0.4, 0.5) is 0 Å². The fourth-order valence-electron chi connectivity index (χ4n) is 1.65. The molecule has 19 heavy (non-hydrogen) atoms. The van der Waals surface area contributed by atoms with Crippen LogP contribution >= 0.6 is 15.9 Å². The number of nitrogens with zero attached hydrogens (tertiary/aromatic N) is 1. The molecule has 0 atom stereocenters. The predicted molar refractivity (Wildman–Crippen MR) is 77.9 cm³/mol. The summed E-state index contributed by atoms with van der Waals surface area (Å²) in [5.41, 5.74) is 7.27. The van der Waals surface area contributed by atoms with Crippen LogP contribution < -0.4 is 10.5 Å². The summed E-state index contributed by atoms with van der Waals surface area (Å²) in [4.78, 5) is 0. The van der Waals surface area contributed by atoms with Crippen molar-refractivity contribution in [2.24, 2.45) is 10.9 Å². The minimum Gasteiger partial charge on any atom is -0.457 e. The average Bonchev–Trinajstić information content (AvgIpc) is 2.40. The van der Waals surface area contributed by atoms with Crippen molar-refractivity contribution in [3.63, 3.8) is 0 Å². The van der Waals surface area contributed by atoms with E-state index in [4.69, 9.17) is 15.7 Å². The maximum absolute atomic E-state index is 8.81. The smallest absolute Gasteiger partial charge is 0.173 e. The lowest BCUT2D eigenvalue weighted by atomic mass is 10.2. The molecule has 2 aromatic carbocycles. The summed E-state index contributed by atoms with van der Waals surface area (Å²) in [5, 5.41) is 11.8. The molecule has 0 aliphatic carbocycles. The zero-order valence-corrected chi connectivity index (χ0v) is 11.9. The van der Waals surface area contributed by atoms with E-state index in [0.29, 0.717) is 17.1 Å². The molecule has 0 spiro atoms. The van der Waals surface area contributed by atoms with E-state index in [1.807, 2.05) is 37.3 Å². The molecule has 98 valence electrons. The van der Waals surface area contributed by atoms with Gasteiger partial charge in [-0.25, -0.2) is 0 Å². The van der Waals surface area contributed by atoms with Crippen molar-refractivity contribution in [2.75, 3.05) is 0 Å². The number of hydrogen-bond donors (Lipinski definition) is 2. The van der Waals surface area contributed by atoms with E-state index in [-0.39, 0.29) is 5.84 Å². The van der Waals surface area contributed by atoms with Crippen molar-refractivity contribution in [3.05, 3.63) is 58.1 Å². The average molecular weight is 321 g/mol. The van der Waals surface area contributed by atoms with Crippen LogP contribution in [0.1, 0.15) is 11.1 Å². The molecule has 0 radical (unpaired) electrons. The van der Waals surface area contributed by atoms with Gasteiger partial charge in [0.15, 0.2) is 5.84 Å². The number of benzene rings is 2. The third-order valence-corrected chi connectivity index (χ3v) is 3.04. The third-order valence-electron chi connectivity index (χ3n) is 2.54. The summed E-state index contributed by atoms with van der Waals surface area (Å²) in [6.07, 6.45) is 0. The van der Waals surface area contributed by atoms with E-state index >= 15 is 0 Å². The van der Waals surface area contributed by atoms with Gasteiger partial charge < -0.3 is 15.7 Å². The minimum absolute atomic E-state index is 0.00366. The van der Waals surface area contributed by atoms with Crippen LogP contribution in [0.2, 0.25) is 0 Å². The van der Waals surface area contributed by atoms with Gasteiger partial charge >= 0.3 is 0 Å². The fraction of sp³-hybridized carbons (Fsp3) is 0.0714. The molecule has 0 bridgehead atoms. The van der Waals surface area contributed by atoms with Gasteiger partial charge in [0.05, 0.1) is 5.56 Å². The molecule has 2 rings (SSSR count). The molecular weight excluding hydrogens is 308 g/mol. The molecule has 5 heteroatoms. The van der Waals surface area contributed by atoms with Gasteiger partial charge in [-0.05, 0) is 42.8 Å². The highest BCUT2D eigenvalue weighted by molar-refractivity contribution is 9.10. The Kier molecular flexibility index (Phi) is 4.06. The molecule has 0 aromatic heterocycles. The molecule has 2 aromatic rings. The number of ether oxygens (including phenoxy) is 1. The fourth-order valence-corrected chi connectivity index (χ4v) is 2.01. The van der Waals surface area contributed by atoms with Gasteiger partial charge in [-0.2, -0.15) is 0 Å². The third kappa shape index (κ3) is 3.26. The topological polar surface area (TPSA) is 67.8 Å². The Labute approximate surface area is 119 Å². The number of amidine groups is 1. The van der Waals surface area contributed by atoms with Crippen LogP contribution in [-0.2, 0) is 0 Å². The van der Waals surface area contributed by atoms with Gasteiger partial charge in [-0.1, -0.05) is 33.2 Å². The Balaban J connectivity index is 2.40. The van der Waals surface area contributed by atoms with Crippen molar-refractivity contribution >= 4 is 21.8 Å². The normalized spacial score (nSPS) is 11.4. The number of halogens is 1. The van der Waals surface area contributed by atoms with E-state index in [1.54, 1.807) is 12.1 Å². The van der Waals surface area contributed by atoms with Crippen LogP contribution in [-0.4, -0.2) is 11.0 Å². The minimum atomic E-state index is 0.00366. The molecule has 0 heterocycles. The highest BCUT2D eigenvalue weighted by Crippen LogP contribution is 2.28. The van der Waals surface area contributed by atoms with Gasteiger partial charge in [-0.3, -0.25) is 0 Å². The van der Waals surface area contributed by atoms with Crippen molar-refractivity contribution in [3.8, 4) is 11.5 Å². The van der Waals surface area contributed by atoms with E-state index in [0.717, 1.165) is 10.0 Å². The zero-order chi connectivity index (χ0) is 13.8. The van der Waals surface area contributed by atoms with Crippen LogP contribution in [0.25, 0.3) is 0 Å². The number of nitrogens with two attached hydrogens (primary N) is 1. The molecule has 0 unspecified atom stereocenters. The summed E-state index contributed by atoms with van der Waals surface area (Å²) in [5.74, 6) is 1.24. The second kappa shape index (κ2) is 5.75. The van der Waals surface area contributed by atoms with E-state index in [9.17, 15) is 0 Å². The Morgan fingerprint density at radius 3 is 2.74 bits per heavy atom. The van der Waals surface area contributed by atoms with Crippen molar-refractivity contribution in [2.45, 2.75) is 6.92 Å². The molecular formula is C14H13BrN2O2. The van der Waals surface area contributed by atoms with Crippen molar-refractivity contribution in [1.29, 1.82) is 0 Å². The quantitative estimate of drug-likeness (QED) is 0.392. The molecule has 3 N–H and O–H groups in total. The summed E-state index contributed by atoms with van der Waals surface area (Å²) in [6.45, 7) is 1.99. The first-order valence-electron chi connectivity index (χ1n) is 5.62. The van der Waals surface area contributed by atoms with Crippen LogP contribution in [0.15, 0.2) is 52.1 Å². The maximum atomic E-state index is 8.81. The van der Waals surface area contributed by atoms with E-state index in [1.165, 1.54) is 0 Å². The lowest BCUT2D eigenvalue weighted by Gasteiger charge is -2.11. The lowest BCUT2D eigenvalue weighted by Crippen LogP contribution is -2.14. The Morgan fingerprint density at radius 2 is 2.05 bits per heavy atom. The summed E-state index contributed by atoms with van der Waals surface area (Å²) in [6, 6.07) is 13.0. The van der Waals surface area contributed by atoms with Gasteiger partial charge in [-0.15, -0.1) is 0 Å². The van der Waals surface area contributed by atoms with Crippen LogP contribution in [0.5, 0.6) is 11.5 Å². The van der Waals surface area contributed by atoms with E-state index in [2.05, 4.69) is 21.1 Å². The van der Waals surface area contributed by atoms with Crippen LogP contribution in [0, 0.1) is 6.92 Å². The van der Waals surface area contributed by atoms with Crippen molar-refractivity contribution < 1.29 is 9.94 Å². The Hall–Kier alpha value is -2.01. The highest BCUT2D eigenvalue weighted by atomic mass is 79.9. The number of aryl methyl sites for hydroxylation is 1. The predicted octanol–water partition coefficient (Wildman–Crippen LogP) is 3.64. The zero-order valence-electron chi connectivity index (χ0n) is 10.3. The molecule has 0 amide bonds. The van der Waals surface area contributed by atoms with Gasteiger partial charge in [0.1, 0.15) is 11.5 Å². The standard InChI is InChI=1S/C14H13BrN2O2/c1-9-3-2-4-11(7-9)19-13-6-5-10(15)8-12(13)14(16)17-18/h2-8,18H,1H3,(H2,16,17). The molecule has 0 saturated carbocycles. The van der Waals surface area contributed by atoms with E-state index < -0.39 is 0 Å². The monoisotopic (exact) mass is 320 g/mol. The molecule has 0 aliphatic heterocycles. The summed E-state index contributed by atoms with van der Waals surface area (Å²) >= 11 is 3.34. The maximum Gasteiger partial charge on any atom is 0.173 e. The SMILES string of the molecule is Cc1cccc(Oc2ccc(Br)cc2/C(N)=N/O)c1. The largest absolute Gasteiger partial charge is 0.457 e. The van der Waals surface area contributed by atoms with Crippen LogP contribution in [0.3, 0.4) is 0 Å². The molecule has 0 saturated heterocycles.